The van der Waals surface area contributed by atoms with Crippen LogP contribution in [0.5, 0.6) is 5.75 Å². The molecular formula is C16H16BrNO2S. The van der Waals surface area contributed by atoms with E-state index in [-0.39, 0.29) is 12.5 Å². The molecule has 3 nitrogen and oxygen atoms in total. The van der Waals surface area contributed by atoms with E-state index in [0.717, 1.165) is 20.6 Å². The summed E-state index contributed by atoms with van der Waals surface area (Å²) in [6, 6.07) is 13.3. The normalized spacial score (nSPS) is 10.2. The molecule has 0 saturated heterocycles. The standard InChI is InChI=1S/C16H16BrNO2S/c1-11-9-12(7-8-13(11)17)20-10-16(19)18-14-5-3-4-6-15(14)21-2/h3-9H,10H2,1-2H3,(H,18,19). The molecule has 2 aromatic carbocycles. The summed E-state index contributed by atoms with van der Waals surface area (Å²) in [5.74, 6) is 0.515. The lowest BCUT2D eigenvalue weighted by Crippen LogP contribution is -2.20. The van der Waals surface area contributed by atoms with Gasteiger partial charge in [0.1, 0.15) is 5.75 Å². The third kappa shape index (κ3) is 4.51. The van der Waals surface area contributed by atoms with Crippen LogP contribution in [-0.2, 0) is 4.79 Å². The Labute approximate surface area is 137 Å². The van der Waals surface area contributed by atoms with Crippen LogP contribution < -0.4 is 10.1 Å². The number of carbonyl (C=O) groups is 1. The second-order valence-electron chi connectivity index (χ2n) is 4.45. The lowest BCUT2D eigenvalue weighted by Gasteiger charge is -2.10. The van der Waals surface area contributed by atoms with Crippen LogP contribution in [0.15, 0.2) is 51.8 Å². The van der Waals surface area contributed by atoms with E-state index in [0.29, 0.717) is 5.75 Å². The minimum atomic E-state index is -0.169. The van der Waals surface area contributed by atoms with Gasteiger partial charge in [0, 0.05) is 9.37 Å². The number of hydrogen-bond acceptors (Lipinski definition) is 3. The predicted molar refractivity (Wildman–Crippen MR) is 91.2 cm³/mol. The summed E-state index contributed by atoms with van der Waals surface area (Å²) in [6.45, 7) is 1.97. The molecule has 5 heteroatoms. The van der Waals surface area contributed by atoms with Crippen molar-refractivity contribution in [3.8, 4) is 5.75 Å². The molecule has 0 heterocycles. The van der Waals surface area contributed by atoms with Gasteiger partial charge in [0.25, 0.3) is 5.91 Å². The fraction of sp³-hybridized carbons (Fsp3) is 0.188. The highest BCUT2D eigenvalue weighted by Gasteiger charge is 2.07. The summed E-state index contributed by atoms with van der Waals surface area (Å²) in [7, 11) is 0. The van der Waals surface area contributed by atoms with Crippen molar-refractivity contribution in [3.63, 3.8) is 0 Å². The lowest BCUT2D eigenvalue weighted by atomic mass is 10.2. The lowest BCUT2D eigenvalue weighted by molar-refractivity contribution is -0.118. The molecule has 0 aliphatic heterocycles. The Hall–Kier alpha value is -1.46. The molecule has 0 radical (unpaired) electrons. The molecule has 0 aliphatic carbocycles. The average Bonchev–Trinajstić information content (AvgIpc) is 2.49. The maximum Gasteiger partial charge on any atom is 0.262 e. The van der Waals surface area contributed by atoms with E-state index < -0.39 is 0 Å². The number of nitrogens with one attached hydrogen (secondary N) is 1. The van der Waals surface area contributed by atoms with Gasteiger partial charge in [0.15, 0.2) is 6.61 Å². The number of ether oxygens (including phenoxy) is 1. The molecule has 1 amide bonds. The number of amides is 1. The minimum Gasteiger partial charge on any atom is -0.484 e. The zero-order chi connectivity index (χ0) is 15.2. The SMILES string of the molecule is CSc1ccccc1NC(=O)COc1ccc(Br)c(C)c1. The molecular weight excluding hydrogens is 350 g/mol. The molecule has 0 aromatic heterocycles. The second kappa shape index (κ2) is 7.52. The maximum atomic E-state index is 12.0. The predicted octanol–water partition coefficient (Wildman–Crippen LogP) is 4.50. The Bertz CT molecular complexity index is 646. The molecule has 110 valence electrons. The third-order valence-corrected chi connectivity index (χ3v) is 4.57. The van der Waals surface area contributed by atoms with Crippen molar-refractivity contribution in [2.45, 2.75) is 11.8 Å². The van der Waals surface area contributed by atoms with Crippen molar-refractivity contribution in [2.24, 2.45) is 0 Å². The van der Waals surface area contributed by atoms with Gasteiger partial charge >= 0.3 is 0 Å². The monoisotopic (exact) mass is 365 g/mol. The van der Waals surface area contributed by atoms with Crippen LogP contribution in [0.4, 0.5) is 5.69 Å². The van der Waals surface area contributed by atoms with Crippen molar-refractivity contribution in [2.75, 3.05) is 18.2 Å². The van der Waals surface area contributed by atoms with Gasteiger partial charge in [-0.05, 0) is 49.1 Å². The Morgan fingerprint density at radius 3 is 2.76 bits per heavy atom. The van der Waals surface area contributed by atoms with E-state index in [1.54, 1.807) is 11.8 Å². The first-order valence-electron chi connectivity index (χ1n) is 6.42. The second-order valence-corrected chi connectivity index (χ2v) is 6.15. The van der Waals surface area contributed by atoms with Crippen LogP contribution >= 0.6 is 27.7 Å². The first kappa shape index (κ1) is 15.9. The summed E-state index contributed by atoms with van der Waals surface area (Å²) in [4.78, 5) is 13.0. The molecule has 0 aliphatic rings. The number of anilines is 1. The Kier molecular flexibility index (Phi) is 5.70. The molecule has 2 aromatic rings. The van der Waals surface area contributed by atoms with Crippen LogP contribution in [0.3, 0.4) is 0 Å². The van der Waals surface area contributed by atoms with Crippen molar-refractivity contribution in [1.29, 1.82) is 0 Å². The van der Waals surface area contributed by atoms with Gasteiger partial charge in [-0.25, -0.2) is 0 Å². The topological polar surface area (TPSA) is 38.3 Å². The fourth-order valence-corrected chi connectivity index (χ4v) is 2.59. The molecule has 0 saturated carbocycles. The molecule has 2 rings (SSSR count). The van der Waals surface area contributed by atoms with E-state index in [9.17, 15) is 4.79 Å². The molecule has 0 bridgehead atoms. The van der Waals surface area contributed by atoms with Crippen molar-refractivity contribution in [1.82, 2.24) is 0 Å². The average molecular weight is 366 g/mol. The smallest absolute Gasteiger partial charge is 0.262 e. The van der Waals surface area contributed by atoms with E-state index in [2.05, 4.69) is 21.2 Å². The van der Waals surface area contributed by atoms with Crippen LogP contribution in [0, 0.1) is 6.92 Å². The third-order valence-electron chi connectivity index (χ3n) is 2.88. The Morgan fingerprint density at radius 1 is 1.29 bits per heavy atom. The summed E-state index contributed by atoms with van der Waals surface area (Å²) in [5.41, 5.74) is 1.88. The summed E-state index contributed by atoms with van der Waals surface area (Å²) < 4.78 is 6.53. The molecule has 21 heavy (non-hydrogen) atoms. The van der Waals surface area contributed by atoms with Crippen molar-refractivity contribution in [3.05, 3.63) is 52.5 Å². The zero-order valence-electron chi connectivity index (χ0n) is 11.9. The van der Waals surface area contributed by atoms with Crippen LogP contribution in [0.25, 0.3) is 0 Å². The van der Waals surface area contributed by atoms with Gasteiger partial charge in [0.2, 0.25) is 0 Å². The van der Waals surface area contributed by atoms with E-state index in [4.69, 9.17) is 4.74 Å². The van der Waals surface area contributed by atoms with E-state index in [1.807, 2.05) is 55.6 Å². The number of hydrogen-bond donors (Lipinski definition) is 1. The van der Waals surface area contributed by atoms with Gasteiger partial charge in [0.05, 0.1) is 5.69 Å². The van der Waals surface area contributed by atoms with Crippen LogP contribution in [0.2, 0.25) is 0 Å². The molecule has 0 spiro atoms. The highest BCUT2D eigenvalue weighted by molar-refractivity contribution is 9.10. The number of benzene rings is 2. The van der Waals surface area contributed by atoms with Gasteiger partial charge in [-0.2, -0.15) is 0 Å². The number of halogens is 1. The summed E-state index contributed by atoms with van der Waals surface area (Å²) >= 11 is 5.03. The van der Waals surface area contributed by atoms with Crippen LogP contribution in [-0.4, -0.2) is 18.8 Å². The number of para-hydroxylation sites is 1. The fourth-order valence-electron chi connectivity index (χ4n) is 1.79. The zero-order valence-corrected chi connectivity index (χ0v) is 14.3. The molecule has 1 N–H and O–H groups in total. The highest BCUT2D eigenvalue weighted by atomic mass is 79.9. The minimum absolute atomic E-state index is 0.0101. The van der Waals surface area contributed by atoms with Gasteiger partial charge < -0.3 is 10.1 Å². The molecule has 0 atom stereocenters. The van der Waals surface area contributed by atoms with Gasteiger partial charge in [-0.15, -0.1) is 11.8 Å². The first-order valence-corrected chi connectivity index (χ1v) is 8.43. The number of thioether (sulfide) groups is 1. The van der Waals surface area contributed by atoms with Crippen LogP contribution in [0.1, 0.15) is 5.56 Å². The van der Waals surface area contributed by atoms with Gasteiger partial charge in [-0.1, -0.05) is 28.1 Å². The Morgan fingerprint density at radius 2 is 2.05 bits per heavy atom. The highest BCUT2D eigenvalue weighted by Crippen LogP contribution is 2.25. The largest absolute Gasteiger partial charge is 0.484 e. The maximum absolute atomic E-state index is 12.0. The number of aryl methyl sites for hydroxylation is 1. The number of carbonyl (C=O) groups excluding carboxylic acids is 1. The number of rotatable bonds is 5. The van der Waals surface area contributed by atoms with Gasteiger partial charge in [-0.3, -0.25) is 4.79 Å². The van der Waals surface area contributed by atoms with E-state index in [1.165, 1.54) is 0 Å². The molecule has 0 fully saturated rings. The Balaban J connectivity index is 1.94. The van der Waals surface area contributed by atoms with Crippen molar-refractivity contribution >= 4 is 39.3 Å². The summed E-state index contributed by atoms with van der Waals surface area (Å²) in [6.07, 6.45) is 1.98. The van der Waals surface area contributed by atoms with E-state index >= 15 is 0 Å². The first-order chi connectivity index (χ1) is 10.1. The quantitative estimate of drug-likeness (QED) is 0.792. The van der Waals surface area contributed by atoms with Crippen molar-refractivity contribution < 1.29 is 9.53 Å². The summed E-state index contributed by atoms with van der Waals surface area (Å²) in [5, 5.41) is 2.86. The molecule has 0 unspecified atom stereocenters.